The van der Waals surface area contributed by atoms with Gasteiger partial charge in [0.1, 0.15) is 0 Å². The van der Waals surface area contributed by atoms with Crippen molar-refractivity contribution in [3.05, 3.63) is 42.1 Å². The molecule has 1 aromatic heterocycles. The van der Waals surface area contributed by atoms with Gasteiger partial charge in [0.2, 0.25) is 6.41 Å². The first kappa shape index (κ1) is 11.2. The highest BCUT2D eigenvalue weighted by Crippen LogP contribution is 2.31. The standard InChI is InChI=1S/C15H16N2O/c18-11-17-9-2-1-5-15(17)13-6-7-14-12(10-13)4-3-8-16-14/h3-4,6-8,10-11,15H,1-2,5,9H2/t15-/m0/s1. The van der Waals surface area contributed by atoms with Gasteiger partial charge in [-0.2, -0.15) is 0 Å². The zero-order valence-electron chi connectivity index (χ0n) is 10.2. The maximum atomic E-state index is 11.1. The predicted molar refractivity (Wildman–Crippen MR) is 71.1 cm³/mol. The van der Waals surface area contributed by atoms with Gasteiger partial charge in [-0.05, 0) is 43.0 Å². The molecule has 0 aliphatic carbocycles. The number of carbonyl (C=O) groups excluding carboxylic acids is 1. The van der Waals surface area contributed by atoms with E-state index in [2.05, 4.69) is 23.2 Å². The lowest BCUT2D eigenvalue weighted by Crippen LogP contribution is -2.32. The van der Waals surface area contributed by atoms with Crippen molar-refractivity contribution in [3.8, 4) is 0 Å². The Balaban J connectivity index is 1.99. The number of hydrogen-bond acceptors (Lipinski definition) is 2. The second-order valence-corrected chi connectivity index (χ2v) is 4.81. The van der Waals surface area contributed by atoms with Gasteiger partial charge in [-0.1, -0.05) is 12.1 Å². The number of nitrogens with zero attached hydrogens (tertiary/aromatic N) is 2. The van der Waals surface area contributed by atoms with Gasteiger partial charge in [0.15, 0.2) is 0 Å². The Morgan fingerprint density at radius 1 is 1.28 bits per heavy atom. The molecule has 92 valence electrons. The molecule has 18 heavy (non-hydrogen) atoms. The van der Waals surface area contributed by atoms with E-state index in [0.29, 0.717) is 0 Å². The molecule has 0 spiro atoms. The Bertz CT molecular complexity index is 567. The highest BCUT2D eigenvalue weighted by molar-refractivity contribution is 5.79. The van der Waals surface area contributed by atoms with Gasteiger partial charge in [-0.15, -0.1) is 0 Å². The highest BCUT2D eigenvalue weighted by atomic mass is 16.1. The van der Waals surface area contributed by atoms with Gasteiger partial charge in [-0.25, -0.2) is 0 Å². The summed E-state index contributed by atoms with van der Waals surface area (Å²) < 4.78 is 0. The molecule has 3 rings (SSSR count). The number of hydrogen-bond donors (Lipinski definition) is 0. The number of rotatable bonds is 2. The fourth-order valence-corrected chi connectivity index (χ4v) is 2.74. The van der Waals surface area contributed by atoms with Crippen LogP contribution in [0.1, 0.15) is 30.9 Å². The lowest BCUT2D eigenvalue weighted by Gasteiger charge is -2.33. The lowest BCUT2D eigenvalue weighted by atomic mass is 9.95. The minimum atomic E-state index is 0.237. The molecule has 0 unspecified atom stereocenters. The highest BCUT2D eigenvalue weighted by Gasteiger charge is 2.22. The maximum Gasteiger partial charge on any atom is 0.210 e. The summed E-state index contributed by atoms with van der Waals surface area (Å²) in [4.78, 5) is 17.4. The number of pyridine rings is 1. The molecule has 0 saturated carbocycles. The van der Waals surface area contributed by atoms with E-state index in [1.807, 2.05) is 17.0 Å². The maximum absolute atomic E-state index is 11.1. The van der Waals surface area contributed by atoms with Crippen LogP contribution in [-0.4, -0.2) is 22.8 Å². The summed E-state index contributed by atoms with van der Waals surface area (Å²) in [5.41, 5.74) is 2.23. The molecule has 0 bridgehead atoms. The summed E-state index contributed by atoms with van der Waals surface area (Å²) in [6.07, 6.45) is 6.16. The molecule has 1 aliphatic rings. The van der Waals surface area contributed by atoms with Gasteiger partial charge in [0, 0.05) is 18.1 Å². The first-order valence-electron chi connectivity index (χ1n) is 6.44. The molecule has 0 radical (unpaired) electrons. The van der Waals surface area contributed by atoms with Crippen molar-refractivity contribution in [1.82, 2.24) is 9.88 Å². The van der Waals surface area contributed by atoms with E-state index < -0.39 is 0 Å². The third-order valence-corrected chi connectivity index (χ3v) is 3.69. The predicted octanol–water partition coefficient (Wildman–Crippen LogP) is 2.92. The van der Waals surface area contributed by atoms with Crippen LogP contribution in [-0.2, 0) is 4.79 Å². The van der Waals surface area contributed by atoms with Crippen LogP contribution in [0.5, 0.6) is 0 Å². The van der Waals surface area contributed by atoms with Crippen LogP contribution in [0.25, 0.3) is 10.9 Å². The van der Waals surface area contributed by atoms with E-state index in [9.17, 15) is 4.79 Å². The number of aromatic nitrogens is 1. The van der Waals surface area contributed by atoms with E-state index in [1.54, 1.807) is 6.20 Å². The summed E-state index contributed by atoms with van der Waals surface area (Å²) in [6, 6.07) is 10.6. The van der Waals surface area contributed by atoms with Crippen molar-refractivity contribution >= 4 is 17.3 Å². The quantitative estimate of drug-likeness (QED) is 0.756. The van der Waals surface area contributed by atoms with Crippen molar-refractivity contribution in [1.29, 1.82) is 0 Å². The molecule has 1 atom stereocenters. The minimum absolute atomic E-state index is 0.237. The second kappa shape index (κ2) is 4.77. The number of piperidine rings is 1. The van der Waals surface area contributed by atoms with Gasteiger partial charge in [-0.3, -0.25) is 9.78 Å². The van der Waals surface area contributed by atoms with E-state index in [-0.39, 0.29) is 6.04 Å². The van der Waals surface area contributed by atoms with Crippen molar-refractivity contribution in [2.45, 2.75) is 25.3 Å². The zero-order chi connectivity index (χ0) is 12.4. The summed E-state index contributed by atoms with van der Waals surface area (Å²) in [5.74, 6) is 0. The second-order valence-electron chi connectivity index (χ2n) is 4.81. The Kier molecular flexibility index (Phi) is 2.97. The Hall–Kier alpha value is -1.90. The molecule has 1 aliphatic heterocycles. The summed E-state index contributed by atoms with van der Waals surface area (Å²) in [6.45, 7) is 0.874. The van der Waals surface area contributed by atoms with Gasteiger partial charge in [0.05, 0.1) is 11.6 Å². The number of benzene rings is 1. The van der Waals surface area contributed by atoms with Crippen LogP contribution in [0.15, 0.2) is 36.5 Å². The zero-order valence-corrected chi connectivity index (χ0v) is 10.2. The van der Waals surface area contributed by atoms with Crippen molar-refractivity contribution < 1.29 is 4.79 Å². The smallest absolute Gasteiger partial charge is 0.210 e. The largest absolute Gasteiger partial charge is 0.338 e. The molecule has 3 heteroatoms. The van der Waals surface area contributed by atoms with Gasteiger partial charge < -0.3 is 4.90 Å². The number of amides is 1. The van der Waals surface area contributed by atoms with Crippen molar-refractivity contribution in [2.24, 2.45) is 0 Å². The van der Waals surface area contributed by atoms with Crippen LogP contribution in [0.4, 0.5) is 0 Å². The van der Waals surface area contributed by atoms with Crippen LogP contribution >= 0.6 is 0 Å². The number of fused-ring (bicyclic) bond motifs is 1. The average Bonchev–Trinajstić information content (AvgIpc) is 2.46. The molecule has 0 N–H and O–H groups in total. The van der Waals surface area contributed by atoms with Crippen LogP contribution in [0.3, 0.4) is 0 Å². The summed E-state index contributed by atoms with van der Waals surface area (Å²) >= 11 is 0. The monoisotopic (exact) mass is 240 g/mol. The van der Waals surface area contributed by atoms with E-state index >= 15 is 0 Å². The van der Waals surface area contributed by atoms with Crippen LogP contribution in [0, 0.1) is 0 Å². The number of likely N-dealkylation sites (tertiary alicyclic amines) is 1. The molecule has 2 heterocycles. The Morgan fingerprint density at radius 3 is 3.11 bits per heavy atom. The Morgan fingerprint density at radius 2 is 2.22 bits per heavy atom. The number of carbonyl (C=O) groups is 1. The molecule has 1 aromatic carbocycles. The fraction of sp³-hybridized carbons (Fsp3) is 0.333. The van der Waals surface area contributed by atoms with Gasteiger partial charge in [0.25, 0.3) is 0 Å². The van der Waals surface area contributed by atoms with Crippen LogP contribution in [0.2, 0.25) is 0 Å². The van der Waals surface area contributed by atoms with Crippen molar-refractivity contribution in [2.75, 3.05) is 6.54 Å². The molecule has 2 aromatic rings. The molecule has 1 saturated heterocycles. The molecule has 3 nitrogen and oxygen atoms in total. The SMILES string of the molecule is O=CN1CCCC[C@H]1c1ccc2ncccc2c1. The van der Waals surface area contributed by atoms with E-state index in [4.69, 9.17) is 0 Å². The fourth-order valence-electron chi connectivity index (χ4n) is 2.74. The van der Waals surface area contributed by atoms with E-state index in [0.717, 1.165) is 36.7 Å². The first-order chi connectivity index (χ1) is 8.88. The first-order valence-corrected chi connectivity index (χ1v) is 6.44. The molecular formula is C15H16N2O. The molecule has 1 amide bonds. The summed E-state index contributed by atoms with van der Waals surface area (Å²) in [5, 5.41) is 1.14. The third kappa shape index (κ3) is 1.96. The van der Waals surface area contributed by atoms with Gasteiger partial charge >= 0.3 is 0 Å². The average molecular weight is 240 g/mol. The molecule has 1 fully saturated rings. The van der Waals surface area contributed by atoms with E-state index in [1.165, 1.54) is 12.0 Å². The van der Waals surface area contributed by atoms with Crippen LogP contribution < -0.4 is 0 Å². The topological polar surface area (TPSA) is 33.2 Å². The Labute approximate surface area is 106 Å². The lowest BCUT2D eigenvalue weighted by molar-refractivity contribution is -0.121. The normalized spacial score (nSPS) is 20.0. The molecular weight excluding hydrogens is 224 g/mol. The summed E-state index contributed by atoms with van der Waals surface area (Å²) in [7, 11) is 0. The van der Waals surface area contributed by atoms with Crippen molar-refractivity contribution in [3.63, 3.8) is 0 Å². The third-order valence-electron chi connectivity index (χ3n) is 3.69. The minimum Gasteiger partial charge on any atom is -0.338 e.